The van der Waals surface area contributed by atoms with E-state index in [9.17, 15) is 9.90 Å². The molecule has 0 aromatic heterocycles. The fourth-order valence-electron chi connectivity index (χ4n) is 2.33. The Balaban J connectivity index is 1.66. The second kappa shape index (κ2) is 7.43. The molecule has 1 aliphatic rings. The van der Waals surface area contributed by atoms with E-state index in [4.69, 9.17) is 4.74 Å². The van der Waals surface area contributed by atoms with Crippen molar-refractivity contribution in [3.05, 3.63) is 29.8 Å². The Morgan fingerprint density at radius 1 is 1.43 bits per heavy atom. The lowest BCUT2D eigenvalue weighted by molar-refractivity contribution is -0.123. The lowest BCUT2D eigenvalue weighted by Gasteiger charge is -2.12. The Bertz CT molecular complexity index is 459. The van der Waals surface area contributed by atoms with Crippen LogP contribution in [0.1, 0.15) is 31.7 Å². The minimum Gasteiger partial charge on any atom is -0.492 e. The average molecular weight is 292 g/mol. The first-order chi connectivity index (χ1) is 10.1. The van der Waals surface area contributed by atoms with E-state index >= 15 is 0 Å². The number of rotatable bonds is 6. The van der Waals surface area contributed by atoms with Gasteiger partial charge in [-0.2, -0.15) is 0 Å². The van der Waals surface area contributed by atoms with Gasteiger partial charge < -0.3 is 20.5 Å². The molecule has 0 radical (unpaired) electrons. The third kappa shape index (κ3) is 4.72. The molecule has 5 nitrogen and oxygen atoms in total. The quantitative estimate of drug-likeness (QED) is 0.685. The largest absolute Gasteiger partial charge is 0.492 e. The number of carbonyl (C=O) groups excluding carboxylic acids is 1. The van der Waals surface area contributed by atoms with E-state index in [-0.39, 0.29) is 11.9 Å². The van der Waals surface area contributed by atoms with Gasteiger partial charge >= 0.3 is 0 Å². The van der Waals surface area contributed by atoms with Gasteiger partial charge in [-0.1, -0.05) is 26.0 Å². The smallest absolute Gasteiger partial charge is 0.237 e. The summed E-state index contributed by atoms with van der Waals surface area (Å²) in [7, 11) is 0. The van der Waals surface area contributed by atoms with Gasteiger partial charge in [-0.25, -0.2) is 0 Å². The molecule has 1 aromatic carbocycles. The molecule has 5 heteroatoms. The van der Waals surface area contributed by atoms with Crippen LogP contribution in [-0.4, -0.2) is 42.9 Å². The van der Waals surface area contributed by atoms with E-state index in [1.54, 1.807) is 0 Å². The Hall–Kier alpha value is -1.59. The van der Waals surface area contributed by atoms with Gasteiger partial charge in [0.1, 0.15) is 12.4 Å². The highest BCUT2D eigenvalue weighted by Crippen LogP contribution is 2.18. The van der Waals surface area contributed by atoms with Crippen LogP contribution in [0.15, 0.2) is 24.3 Å². The van der Waals surface area contributed by atoms with Crippen molar-refractivity contribution in [2.45, 2.75) is 38.3 Å². The number of amides is 1. The Labute approximate surface area is 125 Å². The van der Waals surface area contributed by atoms with E-state index in [1.165, 1.54) is 5.56 Å². The molecular weight excluding hydrogens is 268 g/mol. The molecule has 0 aliphatic carbocycles. The third-order valence-electron chi connectivity index (χ3n) is 3.64. The first-order valence-electron chi connectivity index (χ1n) is 7.48. The van der Waals surface area contributed by atoms with Crippen LogP contribution in [0.5, 0.6) is 5.75 Å². The zero-order valence-electron chi connectivity index (χ0n) is 12.6. The summed E-state index contributed by atoms with van der Waals surface area (Å²) >= 11 is 0. The van der Waals surface area contributed by atoms with Gasteiger partial charge in [0.05, 0.1) is 18.7 Å². The summed E-state index contributed by atoms with van der Waals surface area (Å²) in [4.78, 5) is 11.8. The van der Waals surface area contributed by atoms with Gasteiger partial charge in [0, 0.05) is 6.54 Å². The second-order valence-electron chi connectivity index (χ2n) is 5.71. The maximum Gasteiger partial charge on any atom is 0.237 e. The molecule has 1 aromatic rings. The van der Waals surface area contributed by atoms with Crippen molar-refractivity contribution in [2.24, 2.45) is 0 Å². The van der Waals surface area contributed by atoms with Gasteiger partial charge in [0.2, 0.25) is 5.91 Å². The lowest BCUT2D eigenvalue weighted by atomic mass is 10.0. The SMILES string of the molecule is CC(C)c1ccc(OCCNC(=O)C2CC(O)CN2)cc1. The fourth-order valence-corrected chi connectivity index (χ4v) is 2.33. The van der Waals surface area contributed by atoms with Gasteiger partial charge in [0.15, 0.2) is 0 Å². The van der Waals surface area contributed by atoms with Crippen molar-refractivity contribution in [2.75, 3.05) is 19.7 Å². The summed E-state index contributed by atoms with van der Waals surface area (Å²) in [6, 6.07) is 7.73. The summed E-state index contributed by atoms with van der Waals surface area (Å²) in [5, 5.41) is 15.1. The summed E-state index contributed by atoms with van der Waals surface area (Å²) in [6.45, 7) is 5.68. The third-order valence-corrected chi connectivity index (χ3v) is 3.64. The number of ether oxygens (including phenoxy) is 1. The zero-order valence-corrected chi connectivity index (χ0v) is 12.6. The Morgan fingerprint density at radius 2 is 2.14 bits per heavy atom. The fraction of sp³-hybridized carbons (Fsp3) is 0.562. The Morgan fingerprint density at radius 3 is 2.71 bits per heavy atom. The van der Waals surface area contributed by atoms with E-state index in [2.05, 4.69) is 36.6 Å². The number of aliphatic hydroxyl groups is 1. The van der Waals surface area contributed by atoms with Gasteiger partial charge in [-0.15, -0.1) is 0 Å². The number of β-amino-alcohol motifs (C(OH)–C–C–N with tert-alkyl or cyclic N) is 1. The molecule has 1 saturated heterocycles. The van der Waals surface area contributed by atoms with Crippen molar-refractivity contribution in [3.8, 4) is 5.75 Å². The van der Waals surface area contributed by atoms with Crippen LogP contribution in [0, 0.1) is 0 Å². The van der Waals surface area contributed by atoms with Crippen molar-refractivity contribution in [1.82, 2.24) is 10.6 Å². The number of hydrogen-bond acceptors (Lipinski definition) is 4. The lowest BCUT2D eigenvalue weighted by Crippen LogP contribution is -2.41. The monoisotopic (exact) mass is 292 g/mol. The molecule has 1 amide bonds. The number of nitrogens with one attached hydrogen (secondary N) is 2. The molecule has 2 rings (SSSR count). The summed E-state index contributed by atoms with van der Waals surface area (Å²) in [5.41, 5.74) is 1.28. The molecule has 2 unspecified atom stereocenters. The van der Waals surface area contributed by atoms with E-state index in [1.807, 2.05) is 12.1 Å². The summed E-state index contributed by atoms with van der Waals surface area (Å²) in [6.07, 6.45) is 0.0556. The molecule has 1 heterocycles. The first kappa shape index (κ1) is 15.8. The summed E-state index contributed by atoms with van der Waals surface area (Å²) < 4.78 is 5.59. The molecule has 116 valence electrons. The topological polar surface area (TPSA) is 70.6 Å². The van der Waals surface area contributed by atoms with E-state index in [0.717, 1.165) is 5.75 Å². The number of aliphatic hydroxyl groups excluding tert-OH is 1. The van der Waals surface area contributed by atoms with Crippen LogP contribution >= 0.6 is 0 Å². The molecule has 3 N–H and O–H groups in total. The van der Waals surface area contributed by atoms with Crippen molar-refractivity contribution < 1.29 is 14.6 Å². The van der Waals surface area contributed by atoms with Gasteiger partial charge in [-0.05, 0) is 30.0 Å². The maximum absolute atomic E-state index is 11.8. The van der Waals surface area contributed by atoms with Crippen molar-refractivity contribution in [1.29, 1.82) is 0 Å². The zero-order chi connectivity index (χ0) is 15.2. The molecule has 1 aliphatic heterocycles. The van der Waals surface area contributed by atoms with Crippen LogP contribution < -0.4 is 15.4 Å². The summed E-state index contributed by atoms with van der Waals surface area (Å²) in [5.74, 6) is 1.24. The van der Waals surface area contributed by atoms with E-state index in [0.29, 0.717) is 32.0 Å². The van der Waals surface area contributed by atoms with Crippen LogP contribution in [0.25, 0.3) is 0 Å². The molecule has 0 bridgehead atoms. The molecular formula is C16H24N2O3. The van der Waals surface area contributed by atoms with Gasteiger partial charge in [0.25, 0.3) is 0 Å². The van der Waals surface area contributed by atoms with Crippen molar-refractivity contribution >= 4 is 5.91 Å². The Kier molecular flexibility index (Phi) is 5.59. The molecule has 21 heavy (non-hydrogen) atoms. The molecule has 1 fully saturated rings. The second-order valence-corrected chi connectivity index (χ2v) is 5.71. The highest BCUT2D eigenvalue weighted by molar-refractivity contribution is 5.82. The predicted octanol–water partition coefficient (Wildman–Crippen LogP) is 1.03. The van der Waals surface area contributed by atoms with Crippen LogP contribution in [0.2, 0.25) is 0 Å². The van der Waals surface area contributed by atoms with Gasteiger partial charge in [-0.3, -0.25) is 4.79 Å². The standard InChI is InChI=1S/C16H24N2O3/c1-11(2)12-3-5-14(6-4-12)21-8-7-17-16(20)15-9-13(19)10-18-15/h3-6,11,13,15,18-19H,7-10H2,1-2H3,(H,17,20). The minimum absolute atomic E-state index is 0.0784. The molecule has 2 atom stereocenters. The predicted molar refractivity (Wildman–Crippen MR) is 81.5 cm³/mol. The van der Waals surface area contributed by atoms with E-state index < -0.39 is 6.10 Å². The minimum atomic E-state index is -0.420. The average Bonchev–Trinajstić information content (AvgIpc) is 2.90. The van der Waals surface area contributed by atoms with Crippen molar-refractivity contribution in [3.63, 3.8) is 0 Å². The van der Waals surface area contributed by atoms with Crippen LogP contribution in [0.3, 0.4) is 0 Å². The number of hydrogen-bond donors (Lipinski definition) is 3. The highest BCUT2D eigenvalue weighted by Gasteiger charge is 2.27. The number of carbonyl (C=O) groups is 1. The normalized spacial score (nSPS) is 21.5. The molecule has 0 saturated carbocycles. The molecule has 0 spiro atoms. The maximum atomic E-state index is 11.8. The van der Waals surface area contributed by atoms with Crippen LogP contribution in [-0.2, 0) is 4.79 Å². The first-order valence-corrected chi connectivity index (χ1v) is 7.48. The highest BCUT2D eigenvalue weighted by atomic mass is 16.5. The number of benzene rings is 1. The van der Waals surface area contributed by atoms with Crippen LogP contribution in [0.4, 0.5) is 0 Å².